The van der Waals surface area contributed by atoms with E-state index in [-0.39, 0.29) is 0 Å². The lowest BCUT2D eigenvalue weighted by Crippen LogP contribution is -2.52. The summed E-state index contributed by atoms with van der Waals surface area (Å²) in [5, 5.41) is 66.5. The van der Waals surface area contributed by atoms with Gasteiger partial charge in [-0.1, -0.05) is 152 Å². The summed E-state index contributed by atoms with van der Waals surface area (Å²) in [4.78, 5) is 0. The molecule has 0 N–H and O–H groups in total. The molecule has 0 heterocycles. The lowest BCUT2D eigenvalue weighted by atomic mass is 9.45. The van der Waals surface area contributed by atoms with Gasteiger partial charge in [-0.15, -0.1) is 16.7 Å². The Labute approximate surface area is 534 Å². The lowest BCUT2D eigenvalue weighted by Gasteiger charge is -2.61. The molecule has 0 saturated heterocycles. The van der Waals surface area contributed by atoms with E-state index in [1.165, 1.54) is 27.8 Å². The van der Waals surface area contributed by atoms with Gasteiger partial charge in [0, 0.05) is 16.2 Å². The van der Waals surface area contributed by atoms with Crippen molar-refractivity contribution in [3.05, 3.63) is 263 Å². The van der Waals surface area contributed by atoms with Gasteiger partial charge < -0.3 is 0 Å². The Balaban J connectivity index is 0.994. The first-order valence-corrected chi connectivity index (χ1v) is 35.6. The first-order chi connectivity index (χ1) is 47.2. The number of hydrogen-bond donors (Lipinski definition) is 0. The molecule has 95 heavy (non-hydrogen) atoms. The Bertz CT molecular complexity index is 7070. The summed E-state index contributed by atoms with van der Waals surface area (Å²) in [5.74, 6) is 0. The Morgan fingerprint density at radius 2 is 0.326 bits per heavy atom. The summed E-state index contributed by atoms with van der Waals surface area (Å²) >= 11 is 0. The van der Waals surface area contributed by atoms with Crippen LogP contribution < -0.4 is 0 Å². The molecule has 0 heteroatoms. The van der Waals surface area contributed by atoms with Crippen molar-refractivity contribution in [2.45, 2.75) is 59.2 Å². The largest absolute Gasteiger partial charge is 0.175 e. The van der Waals surface area contributed by atoms with E-state index in [2.05, 4.69) is 152 Å². The second-order valence-corrected chi connectivity index (χ2v) is 33.5. The van der Waals surface area contributed by atoms with Gasteiger partial charge in [-0.2, -0.15) is 11.1 Å². The second kappa shape index (κ2) is 10.6. The van der Waals surface area contributed by atoms with Gasteiger partial charge in [-0.05, 0) is 342 Å². The lowest BCUT2D eigenvalue weighted by molar-refractivity contribution is 0.464. The van der Waals surface area contributed by atoms with Gasteiger partial charge in [-0.25, -0.2) is 0 Å². The van der Waals surface area contributed by atoms with E-state index >= 15 is 0 Å². The fraction of sp³-hybridized carbons (Fsp3) is 0.105. The minimum atomic E-state index is -0.485. The number of benzene rings is 20. The minimum absolute atomic E-state index is 0.485. The molecular formula is C95H35-. The van der Waals surface area contributed by atoms with Crippen molar-refractivity contribution in [3.8, 4) is 0 Å². The van der Waals surface area contributed by atoms with Gasteiger partial charge in [0.1, 0.15) is 0 Å². The molecule has 0 amide bonds. The summed E-state index contributed by atoms with van der Waals surface area (Å²) in [6, 6.07) is 61.1. The molecule has 0 nitrogen and oxygen atoms in total. The van der Waals surface area contributed by atoms with Gasteiger partial charge in [-0.3, -0.25) is 0 Å². The van der Waals surface area contributed by atoms with Crippen molar-refractivity contribution in [3.63, 3.8) is 0 Å². The predicted octanol–water partition coefficient (Wildman–Crippen LogP) is 22.1. The van der Waals surface area contributed by atoms with Crippen LogP contribution in [0.25, 0.3) is 215 Å². The van der Waals surface area contributed by atoms with Crippen LogP contribution >= 0.6 is 0 Å². The van der Waals surface area contributed by atoms with E-state index < -0.39 is 27.1 Å². The smallest absolute Gasteiger partial charge is 0.0288 e. The van der Waals surface area contributed by atoms with Crippen LogP contribution in [-0.2, 0) is 59.2 Å². The average molecular weight is 1180 g/mol. The van der Waals surface area contributed by atoms with Crippen LogP contribution in [0.5, 0.6) is 0 Å². The summed E-state index contributed by atoms with van der Waals surface area (Å²) in [6.45, 7) is 0. The summed E-state index contributed by atoms with van der Waals surface area (Å²) < 4.78 is 0. The third kappa shape index (κ3) is 2.76. The summed E-state index contributed by atoms with van der Waals surface area (Å²) in [5.41, 5.74) is 31.4. The van der Waals surface area contributed by atoms with Crippen LogP contribution in [0.4, 0.5) is 0 Å². The van der Waals surface area contributed by atoms with Crippen molar-refractivity contribution in [1.29, 1.82) is 0 Å². The third-order valence-electron chi connectivity index (χ3n) is 31.7. The highest BCUT2D eigenvalue weighted by molar-refractivity contribution is 6.77. The molecule has 0 saturated carbocycles. The molecule has 10 aliphatic rings. The van der Waals surface area contributed by atoms with Crippen LogP contribution in [0.3, 0.4) is 0 Å². The van der Waals surface area contributed by atoms with Crippen molar-refractivity contribution >= 4 is 215 Å². The van der Waals surface area contributed by atoms with E-state index in [1.54, 1.807) is 299 Å². The Morgan fingerprint density at radius 3 is 0.558 bits per heavy atom. The van der Waals surface area contributed by atoms with Gasteiger partial charge in [0.15, 0.2) is 0 Å². The fourth-order valence-electron chi connectivity index (χ4n) is 31.0. The predicted molar refractivity (Wildman–Crippen MR) is 390 cm³/mol. The van der Waals surface area contributed by atoms with Crippen LogP contribution in [0.15, 0.2) is 152 Å². The van der Waals surface area contributed by atoms with Crippen LogP contribution in [0.2, 0.25) is 0 Å². The highest BCUT2D eigenvalue weighted by Crippen LogP contribution is 2.90. The highest BCUT2D eigenvalue weighted by Gasteiger charge is 2.74. The topological polar surface area (TPSA) is 0 Å². The summed E-state index contributed by atoms with van der Waals surface area (Å²) in [7, 11) is 0. The van der Waals surface area contributed by atoms with Gasteiger partial charge in [0.2, 0.25) is 0 Å². The normalized spacial score (nSPS) is 24.2. The fourth-order valence-corrected chi connectivity index (χ4v) is 31.0. The molecule has 0 bridgehead atoms. The van der Waals surface area contributed by atoms with Crippen LogP contribution in [-0.4, -0.2) is 0 Å². The maximum Gasteiger partial charge on any atom is 0.0288 e. The molecule has 0 fully saturated rings. The molecule has 0 spiro atoms. The van der Waals surface area contributed by atoms with Gasteiger partial charge in [0.05, 0.1) is 0 Å². The van der Waals surface area contributed by atoms with Crippen molar-refractivity contribution < 1.29 is 0 Å². The zero-order valence-electron chi connectivity index (χ0n) is 50.5. The number of rotatable bonds is 10. The molecule has 0 unspecified atom stereocenters. The first-order valence-electron chi connectivity index (χ1n) is 35.6. The maximum absolute atomic E-state index is 2.57. The van der Waals surface area contributed by atoms with E-state index in [0.29, 0.717) is 0 Å². The molecule has 0 radical (unpaired) electrons. The van der Waals surface area contributed by atoms with E-state index in [1.807, 2.05) is 0 Å². The number of hydrogen-bond acceptors (Lipinski definition) is 0. The quantitative estimate of drug-likeness (QED) is 0.0946. The van der Waals surface area contributed by atoms with Gasteiger partial charge >= 0.3 is 0 Å². The Kier molecular flexibility index (Phi) is 4.57. The monoisotopic (exact) mass is 1180 g/mol. The SMILES string of the molecule is c1ccc(CC23c4c5c6[c-]7c4C4(Cc8ccccc8)c8c2c2c9c3c3c%10c%11c(c%12c%13c%14c(c%15c%16c%17c(c4c4c8c8c2c2c%18c9c%10c9c%10c%11c%13c%11c%13c%14c%16c%14c%16c%17c4c4c8c2c2c(c%189)c(c%10%11)c(c%13%14)c2c4%16)C%157Cc2ccccc2)C%126Cc2ccccc2)C53Cc2ccccc2)cc1. The molecule has 10 aliphatic carbocycles. The zero-order valence-corrected chi connectivity index (χ0v) is 50.5. The molecule has 27 aromatic rings. The molecule has 27 aromatic carbocycles. The minimum Gasteiger partial charge on any atom is -0.175 e. The Hall–Kier alpha value is -11.1. The van der Waals surface area contributed by atoms with Gasteiger partial charge in [0.25, 0.3) is 0 Å². The maximum atomic E-state index is 2.57. The molecular weight excluding hydrogens is 1140 g/mol. The van der Waals surface area contributed by atoms with E-state index in [9.17, 15) is 0 Å². The van der Waals surface area contributed by atoms with Crippen molar-refractivity contribution in [2.24, 2.45) is 0 Å². The highest BCUT2D eigenvalue weighted by atomic mass is 14.8. The molecule has 37 rings (SSSR count). The van der Waals surface area contributed by atoms with E-state index in [0.717, 1.165) is 32.1 Å². The molecule has 0 aliphatic heterocycles. The zero-order chi connectivity index (χ0) is 58.4. The van der Waals surface area contributed by atoms with Crippen molar-refractivity contribution in [2.75, 3.05) is 0 Å². The summed E-state index contributed by atoms with van der Waals surface area (Å²) in [6.07, 6.45) is 4.76. The third-order valence-corrected chi connectivity index (χ3v) is 31.7. The van der Waals surface area contributed by atoms with Crippen molar-refractivity contribution in [1.82, 2.24) is 0 Å². The molecule has 416 valence electrons. The standard InChI is InChI=1S/C95H35/c1-6-16-31(17-7-1)26-91-76-66-56-46-41-36-37-39-40-38(36)43-50-48(41)58(56)68-70-60(50)62-52(43)54-45(40)55-53-44(39)51-49-42(37)47(46)57-59(49)69-71-61(51)63(53)73-75-65(55)64(54)74-72(62)82-80(70)92(78(68)76,27-32-18-8-2-9-19-32)87-86(91)88-90-89(87)94(82,29-34-22-12-4-13-23-34)84(74)85(75)95(90,30-35-24-14-5-15-25-35)83(73)81(71)93(88,79(69)77(91)67(57)66)28-33-20-10-3-11-21-33/h1-25H,26-30H2/q-1. The van der Waals surface area contributed by atoms with Crippen LogP contribution in [0, 0.1) is 0 Å². The van der Waals surface area contributed by atoms with Crippen LogP contribution in [0.1, 0.15) is 111 Å². The van der Waals surface area contributed by atoms with E-state index in [4.69, 9.17) is 0 Å². The first kappa shape index (κ1) is 40.8. The second-order valence-electron chi connectivity index (χ2n) is 33.5. The molecule has 0 atom stereocenters. The average Bonchev–Trinajstić information content (AvgIpc) is 1.37. The molecule has 0 aromatic heterocycles. The Morgan fingerprint density at radius 1 is 0.158 bits per heavy atom.